The van der Waals surface area contributed by atoms with Crippen molar-refractivity contribution in [2.45, 2.75) is 52.7 Å². The molecule has 0 aromatic carbocycles. The van der Waals surface area contributed by atoms with E-state index in [0.717, 1.165) is 0 Å². The fourth-order valence-corrected chi connectivity index (χ4v) is 1.29. The molecule has 0 aliphatic carbocycles. The maximum Gasteiger partial charge on any atom is 0.311 e. The Kier molecular flexibility index (Phi) is 2.81. The van der Waals surface area contributed by atoms with Gasteiger partial charge < -0.3 is 9.47 Å². The zero-order valence-corrected chi connectivity index (χ0v) is 9.92. The number of rotatable bonds is 1. The first-order chi connectivity index (χ1) is 6.63. The molecule has 0 saturated carbocycles. The summed E-state index contributed by atoms with van der Waals surface area (Å²) in [4.78, 5) is 22.7. The summed E-state index contributed by atoms with van der Waals surface area (Å²) in [7, 11) is 0. The first kappa shape index (κ1) is 12.0. The van der Waals surface area contributed by atoms with Crippen LogP contribution < -0.4 is 0 Å². The highest BCUT2D eigenvalue weighted by atomic mass is 16.6. The van der Waals surface area contributed by atoms with Crippen molar-refractivity contribution in [1.29, 1.82) is 0 Å². The maximum absolute atomic E-state index is 11.6. The second-order valence-corrected chi connectivity index (χ2v) is 5.43. The molecule has 0 radical (unpaired) electrons. The van der Waals surface area contributed by atoms with E-state index in [0.29, 0.717) is 0 Å². The second kappa shape index (κ2) is 3.51. The molecule has 0 unspecified atom stereocenters. The van der Waals surface area contributed by atoms with Crippen molar-refractivity contribution in [3.05, 3.63) is 0 Å². The van der Waals surface area contributed by atoms with Crippen molar-refractivity contribution >= 4 is 11.9 Å². The third kappa shape index (κ3) is 2.70. The number of hydrogen-bond acceptors (Lipinski definition) is 4. The van der Waals surface area contributed by atoms with Crippen molar-refractivity contribution in [3.8, 4) is 0 Å². The Morgan fingerprint density at radius 3 is 2.33 bits per heavy atom. The molecular formula is C11H18O4. The van der Waals surface area contributed by atoms with Crippen LogP contribution in [0.3, 0.4) is 0 Å². The molecule has 0 N–H and O–H groups in total. The minimum absolute atomic E-state index is 0.148. The van der Waals surface area contributed by atoms with Crippen molar-refractivity contribution in [2.24, 2.45) is 5.41 Å². The van der Waals surface area contributed by atoms with Crippen LogP contribution in [0.25, 0.3) is 0 Å². The minimum Gasteiger partial charge on any atom is -0.457 e. The maximum atomic E-state index is 11.6. The Balaban J connectivity index is 2.67. The third-order valence-corrected chi connectivity index (χ3v) is 2.37. The van der Waals surface area contributed by atoms with Gasteiger partial charge in [0.15, 0.2) is 6.10 Å². The molecule has 0 bridgehead atoms. The van der Waals surface area contributed by atoms with Gasteiger partial charge in [0.05, 0.1) is 11.8 Å². The first-order valence-corrected chi connectivity index (χ1v) is 5.06. The van der Waals surface area contributed by atoms with Gasteiger partial charge in [-0.3, -0.25) is 9.59 Å². The number of ether oxygens (including phenoxy) is 2. The Morgan fingerprint density at radius 1 is 1.47 bits per heavy atom. The zero-order valence-electron chi connectivity index (χ0n) is 9.92. The molecule has 1 atom stereocenters. The van der Waals surface area contributed by atoms with Gasteiger partial charge in [0.2, 0.25) is 0 Å². The largest absolute Gasteiger partial charge is 0.457 e. The second-order valence-electron chi connectivity index (χ2n) is 5.43. The highest BCUT2D eigenvalue weighted by Gasteiger charge is 2.45. The van der Waals surface area contributed by atoms with Gasteiger partial charge in [-0.2, -0.15) is 0 Å². The molecule has 4 heteroatoms. The number of carbonyl (C=O) groups is 2. The molecular weight excluding hydrogens is 196 g/mol. The summed E-state index contributed by atoms with van der Waals surface area (Å²) in [6.45, 7) is 8.83. The molecule has 86 valence electrons. The van der Waals surface area contributed by atoms with Crippen molar-refractivity contribution < 1.29 is 19.1 Å². The highest BCUT2D eigenvalue weighted by molar-refractivity contribution is 5.78. The average Bonchev–Trinajstić information content (AvgIpc) is 2.22. The lowest BCUT2D eigenvalue weighted by atomic mass is 9.96. The molecule has 0 amide bonds. The van der Waals surface area contributed by atoms with Crippen LogP contribution in [0.5, 0.6) is 0 Å². The van der Waals surface area contributed by atoms with E-state index >= 15 is 0 Å². The lowest BCUT2D eigenvalue weighted by Crippen LogP contribution is -2.38. The van der Waals surface area contributed by atoms with E-state index in [-0.39, 0.29) is 18.4 Å². The molecule has 0 aromatic heterocycles. The van der Waals surface area contributed by atoms with Crippen LogP contribution in [0.15, 0.2) is 0 Å². The van der Waals surface area contributed by atoms with Crippen molar-refractivity contribution in [1.82, 2.24) is 0 Å². The highest BCUT2D eigenvalue weighted by Crippen LogP contribution is 2.30. The van der Waals surface area contributed by atoms with Gasteiger partial charge in [0.1, 0.15) is 5.60 Å². The van der Waals surface area contributed by atoms with E-state index in [4.69, 9.17) is 9.47 Å². The van der Waals surface area contributed by atoms with E-state index in [9.17, 15) is 9.59 Å². The van der Waals surface area contributed by atoms with Crippen molar-refractivity contribution in [3.63, 3.8) is 0 Å². The van der Waals surface area contributed by atoms with Crippen LogP contribution in [0, 0.1) is 5.41 Å². The fourth-order valence-electron chi connectivity index (χ4n) is 1.29. The summed E-state index contributed by atoms with van der Waals surface area (Å²) in [6.07, 6.45) is -0.328. The standard InChI is InChI=1S/C11H18O4/c1-10(2,3)9(13)14-7-6-8(12)15-11(7,4)5/h7H,6H2,1-5H3/t7-/m0/s1. The summed E-state index contributed by atoms with van der Waals surface area (Å²) in [6, 6.07) is 0. The smallest absolute Gasteiger partial charge is 0.311 e. The Labute approximate surface area is 89.9 Å². The molecule has 1 saturated heterocycles. The zero-order chi connectivity index (χ0) is 11.9. The SMILES string of the molecule is CC(C)(C)C(=O)O[C@H]1CC(=O)OC1(C)C. The molecule has 0 spiro atoms. The molecule has 0 aromatic rings. The van der Waals surface area contributed by atoms with Gasteiger partial charge in [0.25, 0.3) is 0 Å². The minimum atomic E-state index is -0.710. The lowest BCUT2D eigenvalue weighted by molar-refractivity contribution is -0.167. The molecule has 1 aliphatic heterocycles. The van der Waals surface area contributed by atoms with Crippen LogP contribution in [0.4, 0.5) is 0 Å². The van der Waals surface area contributed by atoms with E-state index in [1.165, 1.54) is 0 Å². The van der Waals surface area contributed by atoms with E-state index in [1.807, 2.05) is 0 Å². The van der Waals surface area contributed by atoms with Gasteiger partial charge in [-0.15, -0.1) is 0 Å². The van der Waals surface area contributed by atoms with Gasteiger partial charge in [0, 0.05) is 0 Å². The molecule has 1 rings (SSSR count). The number of carbonyl (C=O) groups excluding carboxylic acids is 2. The topological polar surface area (TPSA) is 52.6 Å². The summed E-state index contributed by atoms with van der Waals surface area (Å²) < 4.78 is 10.3. The Hall–Kier alpha value is -1.06. The summed E-state index contributed by atoms with van der Waals surface area (Å²) in [5.74, 6) is -0.620. The number of esters is 2. The quantitative estimate of drug-likeness (QED) is 0.623. The molecule has 4 nitrogen and oxygen atoms in total. The number of cyclic esters (lactones) is 1. The number of hydrogen-bond donors (Lipinski definition) is 0. The van der Waals surface area contributed by atoms with E-state index in [1.54, 1.807) is 34.6 Å². The van der Waals surface area contributed by atoms with Crippen LogP contribution in [0.2, 0.25) is 0 Å². The van der Waals surface area contributed by atoms with Crippen LogP contribution in [-0.4, -0.2) is 23.6 Å². The van der Waals surface area contributed by atoms with E-state index < -0.39 is 17.1 Å². The van der Waals surface area contributed by atoms with Crippen LogP contribution >= 0.6 is 0 Å². The predicted molar refractivity (Wildman–Crippen MR) is 54.1 cm³/mol. The lowest BCUT2D eigenvalue weighted by Gasteiger charge is -2.27. The molecule has 1 heterocycles. The summed E-state index contributed by atoms with van der Waals surface area (Å²) in [5.41, 5.74) is -1.26. The predicted octanol–water partition coefficient (Wildman–Crippen LogP) is 1.67. The molecule has 1 aliphatic rings. The first-order valence-electron chi connectivity index (χ1n) is 5.06. The van der Waals surface area contributed by atoms with Gasteiger partial charge in [-0.1, -0.05) is 0 Å². The van der Waals surface area contributed by atoms with Crippen LogP contribution in [-0.2, 0) is 19.1 Å². The van der Waals surface area contributed by atoms with Crippen LogP contribution in [0.1, 0.15) is 41.0 Å². The molecule has 1 fully saturated rings. The van der Waals surface area contributed by atoms with Gasteiger partial charge >= 0.3 is 11.9 Å². The van der Waals surface area contributed by atoms with Gasteiger partial charge in [-0.25, -0.2) is 0 Å². The Bertz CT molecular complexity index is 285. The normalized spacial score (nSPS) is 24.9. The average molecular weight is 214 g/mol. The van der Waals surface area contributed by atoms with Gasteiger partial charge in [-0.05, 0) is 34.6 Å². The molecule has 15 heavy (non-hydrogen) atoms. The Morgan fingerprint density at radius 2 is 2.00 bits per heavy atom. The third-order valence-electron chi connectivity index (χ3n) is 2.37. The fraction of sp³-hybridized carbons (Fsp3) is 0.818. The summed E-state index contributed by atoms with van der Waals surface area (Å²) >= 11 is 0. The summed E-state index contributed by atoms with van der Waals surface area (Å²) in [5, 5.41) is 0. The van der Waals surface area contributed by atoms with E-state index in [2.05, 4.69) is 0 Å². The van der Waals surface area contributed by atoms with Crippen molar-refractivity contribution in [2.75, 3.05) is 0 Å². The monoisotopic (exact) mass is 214 g/mol.